The minimum Gasteiger partial charge on any atom is -0.497 e. The molecule has 0 spiro atoms. The summed E-state index contributed by atoms with van der Waals surface area (Å²) in [4.78, 5) is 12.5. The molecule has 2 rings (SSSR count). The van der Waals surface area contributed by atoms with Crippen molar-refractivity contribution in [2.75, 3.05) is 7.11 Å². The number of aryl methyl sites for hydroxylation is 1. The van der Waals surface area contributed by atoms with Gasteiger partial charge in [0.2, 0.25) is 0 Å². The van der Waals surface area contributed by atoms with Crippen LogP contribution < -0.4 is 4.74 Å². The summed E-state index contributed by atoms with van der Waals surface area (Å²) < 4.78 is 5.83. The van der Waals surface area contributed by atoms with Gasteiger partial charge in [-0.05, 0) is 37.3 Å². The van der Waals surface area contributed by atoms with Gasteiger partial charge in [-0.2, -0.15) is 0 Å². The molecule has 0 radical (unpaired) electrons. The predicted octanol–water partition coefficient (Wildman–Crippen LogP) is 4.65. The second-order valence-electron chi connectivity index (χ2n) is 4.16. The van der Waals surface area contributed by atoms with Crippen LogP contribution in [0.25, 0.3) is 0 Å². The van der Waals surface area contributed by atoms with Crippen molar-refractivity contribution in [3.63, 3.8) is 0 Å². The summed E-state index contributed by atoms with van der Waals surface area (Å²) in [6.07, 6.45) is 0. The Labute approximate surface area is 125 Å². The third-order valence-electron chi connectivity index (χ3n) is 2.79. The highest BCUT2D eigenvalue weighted by Crippen LogP contribution is 2.27. The fourth-order valence-corrected chi connectivity index (χ4v) is 2.45. The van der Waals surface area contributed by atoms with E-state index in [9.17, 15) is 4.79 Å². The first-order valence-electron chi connectivity index (χ1n) is 5.67. The third kappa shape index (κ3) is 2.99. The van der Waals surface area contributed by atoms with Gasteiger partial charge in [0.25, 0.3) is 0 Å². The van der Waals surface area contributed by atoms with Gasteiger partial charge >= 0.3 is 0 Å². The molecule has 0 saturated heterocycles. The molecule has 0 N–H and O–H groups in total. The zero-order valence-electron chi connectivity index (χ0n) is 10.5. The first-order valence-corrected chi connectivity index (χ1v) is 6.84. The first-order chi connectivity index (χ1) is 9.02. The van der Waals surface area contributed by atoms with E-state index < -0.39 is 0 Å². The van der Waals surface area contributed by atoms with E-state index in [1.807, 2.05) is 25.1 Å². The van der Waals surface area contributed by atoms with E-state index in [-0.39, 0.29) is 5.78 Å². The summed E-state index contributed by atoms with van der Waals surface area (Å²) in [7, 11) is 1.56. The smallest absolute Gasteiger partial charge is 0.195 e. The molecule has 2 aromatic carbocycles. The van der Waals surface area contributed by atoms with Crippen LogP contribution in [-0.4, -0.2) is 12.9 Å². The fraction of sp³-hybridized carbons (Fsp3) is 0.133. The lowest BCUT2D eigenvalue weighted by atomic mass is 10.0. The van der Waals surface area contributed by atoms with Crippen molar-refractivity contribution in [3.8, 4) is 5.75 Å². The lowest BCUT2D eigenvalue weighted by Gasteiger charge is -2.08. The Morgan fingerprint density at radius 2 is 1.89 bits per heavy atom. The van der Waals surface area contributed by atoms with Crippen molar-refractivity contribution in [1.82, 2.24) is 0 Å². The van der Waals surface area contributed by atoms with Crippen LogP contribution in [0.5, 0.6) is 5.75 Å². The molecule has 19 heavy (non-hydrogen) atoms. The van der Waals surface area contributed by atoms with Crippen LogP contribution in [0, 0.1) is 6.92 Å². The summed E-state index contributed by atoms with van der Waals surface area (Å²) >= 11 is 9.52. The zero-order chi connectivity index (χ0) is 14.0. The Balaban J connectivity index is 2.47. The van der Waals surface area contributed by atoms with Crippen molar-refractivity contribution in [2.45, 2.75) is 6.92 Å². The fourth-order valence-electron chi connectivity index (χ4n) is 1.77. The summed E-state index contributed by atoms with van der Waals surface area (Å²) in [5.74, 6) is 0.521. The number of ketones is 1. The highest BCUT2D eigenvalue weighted by Gasteiger charge is 2.16. The molecule has 0 saturated carbocycles. The van der Waals surface area contributed by atoms with Crippen LogP contribution in [-0.2, 0) is 0 Å². The minimum absolute atomic E-state index is 0.108. The van der Waals surface area contributed by atoms with Gasteiger partial charge in [-0.1, -0.05) is 39.2 Å². The SMILES string of the molecule is COc1ccc(C(=O)c2cc(C)ccc2Br)c(Cl)c1. The Kier molecular flexibility index (Phi) is 4.27. The monoisotopic (exact) mass is 338 g/mol. The average molecular weight is 340 g/mol. The Hall–Kier alpha value is -1.32. The van der Waals surface area contributed by atoms with Crippen molar-refractivity contribution in [3.05, 3.63) is 62.6 Å². The number of halogens is 2. The molecule has 98 valence electrons. The number of ether oxygens (including phenoxy) is 1. The highest BCUT2D eigenvalue weighted by molar-refractivity contribution is 9.10. The molecule has 2 aromatic rings. The minimum atomic E-state index is -0.108. The number of hydrogen-bond acceptors (Lipinski definition) is 2. The van der Waals surface area contributed by atoms with Gasteiger partial charge in [0.15, 0.2) is 5.78 Å². The van der Waals surface area contributed by atoms with Crippen molar-refractivity contribution in [2.24, 2.45) is 0 Å². The van der Waals surface area contributed by atoms with Crippen LogP contribution in [0.3, 0.4) is 0 Å². The van der Waals surface area contributed by atoms with Crippen LogP contribution in [0.15, 0.2) is 40.9 Å². The maximum atomic E-state index is 12.5. The Morgan fingerprint density at radius 1 is 1.16 bits per heavy atom. The molecule has 0 aliphatic heterocycles. The second-order valence-corrected chi connectivity index (χ2v) is 5.42. The topological polar surface area (TPSA) is 26.3 Å². The molecule has 0 fully saturated rings. The summed E-state index contributed by atoms with van der Waals surface area (Å²) in [5.41, 5.74) is 2.09. The molecule has 0 aliphatic rings. The van der Waals surface area contributed by atoms with E-state index in [1.165, 1.54) is 0 Å². The lowest BCUT2D eigenvalue weighted by Crippen LogP contribution is -2.04. The maximum Gasteiger partial charge on any atom is 0.195 e. The molecule has 0 bridgehead atoms. The third-order valence-corrected chi connectivity index (χ3v) is 3.79. The molecule has 4 heteroatoms. The Morgan fingerprint density at radius 3 is 2.53 bits per heavy atom. The van der Waals surface area contributed by atoms with Crippen LogP contribution in [0.2, 0.25) is 5.02 Å². The molecule has 0 amide bonds. The maximum absolute atomic E-state index is 12.5. The van der Waals surface area contributed by atoms with E-state index in [2.05, 4.69) is 15.9 Å². The molecule has 0 unspecified atom stereocenters. The van der Waals surface area contributed by atoms with Crippen molar-refractivity contribution >= 4 is 33.3 Å². The largest absolute Gasteiger partial charge is 0.497 e. The van der Waals surface area contributed by atoms with Crippen molar-refractivity contribution < 1.29 is 9.53 Å². The lowest BCUT2D eigenvalue weighted by molar-refractivity contribution is 0.103. The second kappa shape index (κ2) is 5.76. The number of carbonyl (C=O) groups is 1. The normalized spacial score (nSPS) is 10.3. The van der Waals surface area contributed by atoms with E-state index in [1.54, 1.807) is 25.3 Å². The van der Waals surface area contributed by atoms with Gasteiger partial charge < -0.3 is 4.74 Å². The van der Waals surface area contributed by atoms with Gasteiger partial charge in [-0.15, -0.1) is 0 Å². The van der Waals surface area contributed by atoms with Crippen LogP contribution >= 0.6 is 27.5 Å². The predicted molar refractivity (Wildman–Crippen MR) is 80.3 cm³/mol. The van der Waals surface area contributed by atoms with E-state index in [4.69, 9.17) is 16.3 Å². The number of benzene rings is 2. The van der Waals surface area contributed by atoms with E-state index in [0.29, 0.717) is 21.9 Å². The number of methoxy groups -OCH3 is 1. The molecule has 2 nitrogen and oxygen atoms in total. The first kappa shape index (κ1) is 14.1. The average Bonchev–Trinajstić information content (AvgIpc) is 2.40. The molecule has 0 aromatic heterocycles. The number of carbonyl (C=O) groups excluding carboxylic acids is 1. The Bertz CT molecular complexity index is 638. The summed E-state index contributed by atoms with van der Waals surface area (Å²) in [6.45, 7) is 1.94. The van der Waals surface area contributed by atoms with Crippen molar-refractivity contribution in [1.29, 1.82) is 0 Å². The standard InChI is InChI=1S/C15H12BrClO2/c1-9-3-6-13(16)12(7-9)15(18)11-5-4-10(19-2)8-14(11)17/h3-8H,1-2H3. The van der Waals surface area contributed by atoms with E-state index >= 15 is 0 Å². The van der Waals surface area contributed by atoms with E-state index in [0.717, 1.165) is 10.0 Å². The van der Waals surface area contributed by atoms with Gasteiger partial charge in [0, 0.05) is 15.6 Å². The number of hydrogen-bond donors (Lipinski definition) is 0. The molecule has 0 atom stereocenters. The molecular formula is C15H12BrClO2. The van der Waals surface area contributed by atoms with Crippen LogP contribution in [0.4, 0.5) is 0 Å². The van der Waals surface area contributed by atoms with Gasteiger partial charge in [0.05, 0.1) is 12.1 Å². The van der Waals surface area contributed by atoms with Gasteiger partial charge in [0.1, 0.15) is 5.75 Å². The quantitative estimate of drug-likeness (QED) is 0.761. The summed E-state index contributed by atoms with van der Waals surface area (Å²) in [6, 6.07) is 10.7. The molecular weight excluding hydrogens is 328 g/mol. The van der Waals surface area contributed by atoms with Crippen LogP contribution in [0.1, 0.15) is 21.5 Å². The summed E-state index contributed by atoms with van der Waals surface area (Å²) in [5, 5.41) is 0.387. The number of rotatable bonds is 3. The highest BCUT2D eigenvalue weighted by atomic mass is 79.9. The molecule has 0 heterocycles. The van der Waals surface area contributed by atoms with Gasteiger partial charge in [-0.3, -0.25) is 4.79 Å². The molecule has 0 aliphatic carbocycles. The van der Waals surface area contributed by atoms with Gasteiger partial charge in [-0.25, -0.2) is 0 Å². The zero-order valence-corrected chi connectivity index (χ0v) is 12.9.